The van der Waals surface area contributed by atoms with Gasteiger partial charge in [0, 0.05) is 0 Å². The molecule has 1 aromatic carbocycles. The number of ether oxygens (including phenoxy) is 2. The van der Waals surface area contributed by atoms with E-state index in [4.69, 9.17) is 9.47 Å². The van der Waals surface area contributed by atoms with E-state index in [1.165, 1.54) is 12.7 Å². The number of carbonyl (C=O) groups excluding carboxylic acids is 1. The molecule has 0 bridgehead atoms. The van der Waals surface area contributed by atoms with Crippen LogP contribution in [-0.2, 0) is 16.1 Å². The standard InChI is InChI=1S/C16H18N2O3/c1-20-15(19)16(7-8-16)12-21-14-9-17-18(11-14)10-13-5-3-2-4-6-13/h2-6,9,11H,7-8,10,12H2,1H3. The van der Waals surface area contributed by atoms with Crippen molar-refractivity contribution in [2.75, 3.05) is 13.7 Å². The maximum atomic E-state index is 11.6. The molecule has 0 aliphatic heterocycles. The lowest BCUT2D eigenvalue weighted by atomic mass is 10.1. The van der Waals surface area contributed by atoms with Gasteiger partial charge in [0.05, 0.1) is 26.0 Å². The Morgan fingerprint density at radius 1 is 1.33 bits per heavy atom. The van der Waals surface area contributed by atoms with Crippen molar-refractivity contribution in [1.82, 2.24) is 9.78 Å². The van der Waals surface area contributed by atoms with Gasteiger partial charge >= 0.3 is 5.97 Å². The molecule has 0 spiro atoms. The molecule has 0 N–H and O–H groups in total. The molecule has 0 amide bonds. The zero-order chi connectivity index (χ0) is 14.7. The molecule has 1 aromatic heterocycles. The van der Waals surface area contributed by atoms with Crippen LogP contribution in [-0.4, -0.2) is 29.5 Å². The van der Waals surface area contributed by atoms with E-state index in [1.54, 1.807) is 6.20 Å². The van der Waals surface area contributed by atoms with Crippen LogP contribution < -0.4 is 4.74 Å². The predicted octanol–water partition coefficient (Wildman–Crippen LogP) is 2.26. The number of hydrogen-bond donors (Lipinski definition) is 0. The van der Waals surface area contributed by atoms with Crippen LogP contribution in [0.2, 0.25) is 0 Å². The van der Waals surface area contributed by atoms with Gasteiger partial charge in [-0.3, -0.25) is 9.48 Å². The first-order chi connectivity index (χ1) is 10.2. The van der Waals surface area contributed by atoms with Crippen molar-refractivity contribution in [3.05, 3.63) is 48.3 Å². The van der Waals surface area contributed by atoms with Crippen LogP contribution in [0.5, 0.6) is 5.75 Å². The Bertz CT molecular complexity index is 617. The van der Waals surface area contributed by atoms with E-state index in [0.717, 1.165) is 12.8 Å². The zero-order valence-electron chi connectivity index (χ0n) is 12.0. The van der Waals surface area contributed by atoms with Gasteiger partial charge in [0.2, 0.25) is 0 Å². The van der Waals surface area contributed by atoms with Crippen LogP contribution in [0.4, 0.5) is 0 Å². The van der Waals surface area contributed by atoms with Gasteiger partial charge in [0.15, 0.2) is 5.75 Å². The second-order valence-corrected chi connectivity index (χ2v) is 5.42. The molecule has 0 radical (unpaired) electrons. The van der Waals surface area contributed by atoms with Crippen LogP contribution in [0.3, 0.4) is 0 Å². The lowest BCUT2D eigenvalue weighted by molar-refractivity contribution is -0.148. The molecule has 1 heterocycles. The Labute approximate surface area is 123 Å². The molecule has 0 atom stereocenters. The molecule has 0 unspecified atom stereocenters. The fraction of sp³-hybridized carbons (Fsp3) is 0.375. The number of benzene rings is 1. The van der Waals surface area contributed by atoms with Crippen LogP contribution in [0.15, 0.2) is 42.7 Å². The minimum Gasteiger partial charge on any atom is -0.489 e. The highest BCUT2D eigenvalue weighted by Gasteiger charge is 2.52. The van der Waals surface area contributed by atoms with Crippen molar-refractivity contribution in [1.29, 1.82) is 0 Å². The SMILES string of the molecule is COC(=O)C1(COc2cnn(Cc3ccccc3)c2)CC1. The van der Waals surface area contributed by atoms with Crippen molar-refractivity contribution in [3.8, 4) is 5.75 Å². The first-order valence-corrected chi connectivity index (χ1v) is 6.99. The van der Waals surface area contributed by atoms with Crippen LogP contribution in [0.25, 0.3) is 0 Å². The molecule has 5 nitrogen and oxygen atoms in total. The molecule has 0 saturated heterocycles. The molecule has 2 aromatic rings. The average molecular weight is 286 g/mol. The second-order valence-electron chi connectivity index (χ2n) is 5.42. The van der Waals surface area contributed by atoms with Crippen molar-refractivity contribution >= 4 is 5.97 Å². The molecular weight excluding hydrogens is 268 g/mol. The number of esters is 1. The summed E-state index contributed by atoms with van der Waals surface area (Å²) < 4.78 is 12.3. The lowest BCUT2D eigenvalue weighted by Crippen LogP contribution is -2.24. The van der Waals surface area contributed by atoms with Gasteiger partial charge in [0.1, 0.15) is 12.0 Å². The first-order valence-electron chi connectivity index (χ1n) is 6.99. The molecule has 3 rings (SSSR count). The third kappa shape index (κ3) is 3.07. The summed E-state index contributed by atoms with van der Waals surface area (Å²) in [6.45, 7) is 1.06. The van der Waals surface area contributed by atoms with Crippen LogP contribution >= 0.6 is 0 Å². The van der Waals surface area contributed by atoms with E-state index in [0.29, 0.717) is 18.9 Å². The fourth-order valence-electron chi connectivity index (χ4n) is 2.27. The Balaban J connectivity index is 1.57. The minimum absolute atomic E-state index is 0.181. The summed E-state index contributed by atoms with van der Waals surface area (Å²) in [4.78, 5) is 11.6. The molecule has 1 fully saturated rings. The number of nitrogens with zero attached hydrogens (tertiary/aromatic N) is 2. The van der Waals surface area contributed by atoms with E-state index in [-0.39, 0.29) is 5.97 Å². The molecular formula is C16H18N2O3. The average Bonchev–Trinajstić information content (AvgIpc) is 3.19. The Morgan fingerprint density at radius 3 is 2.76 bits per heavy atom. The Morgan fingerprint density at radius 2 is 2.10 bits per heavy atom. The Kier molecular flexibility index (Phi) is 3.64. The van der Waals surface area contributed by atoms with E-state index >= 15 is 0 Å². The molecule has 1 saturated carbocycles. The van der Waals surface area contributed by atoms with Gasteiger partial charge in [-0.25, -0.2) is 0 Å². The van der Waals surface area contributed by atoms with E-state index < -0.39 is 5.41 Å². The van der Waals surface area contributed by atoms with Crippen LogP contribution in [0, 0.1) is 5.41 Å². The molecule has 110 valence electrons. The number of hydrogen-bond acceptors (Lipinski definition) is 4. The molecule has 21 heavy (non-hydrogen) atoms. The summed E-state index contributed by atoms with van der Waals surface area (Å²) in [7, 11) is 1.42. The van der Waals surface area contributed by atoms with Crippen molar-refractivity contribution in [2.24, 2.45) is 5.41 Å². The third-order valence-corrected chi connectivity index (χ3v) is 3.78. The van der Waals surface area contributed by atoms with Crippen molar-refractivity contribution in [2.45, 2.75) is 19.4 Å². The third-order valence-electron chi connectivity index (χ3n) is 3.78. The van der Waals surface area contributed by atoms with E-state index in [9.17, 15) is 4.79 Å². The summed E-state index contributed by atoms with van der Waals surface area (Å²) in [5.74, 6) is 0.500. The van der Waals surface area contributed by atoms with Gasteiger partial charge < -0.3 is 9.47 Å². The van der Waals surface area contributed by atoms with Crippen LogP contribution in [0.1, 0.15) is 18.4 Å². The predicted molar refractivity (Wildman–Crippen MR) is 76.9 cm³/mol. The number of methoxy groups -OCH3 is 1. The maximum Gasteiger partial charge on any atom is 0.315 e. The van der Waals surface area contributed by atoms with E-state index in [1.807, 2.05) is 29.1 Å². The van der Waals surface area contributed by atoms with Gasteiger partial charge in [-0.15, -0.1) is 0 Å². The Hall–Kier alpha value is -2.30. The van der Waals surface area contributed by atoms with Gasteiger partial charge in [-0.2, -0.15) is 5.10 Å². The highest BCUT2D eigenvalue weighted by molar-refractivity contribution is 5.79. The fourth-order valence-corrected chi connectivity index (χ4v) is 2.27. The lowest BCUT2D eigenvalue weighted by Gasteiger charge is -2.12. The number of aromatic nitrogens is 2. The second kappa shape index (κ2) is 5.60. The largest absolute Gasteiger partial charge is 0.489 e. The topological polar surface area (TPSA) is 53.4 Å². The summed E-state index contributed by atoms with van der Waals surface area (Å²) in [5, 5.41) is 4.27. The number of carbonyl (C=O) groups is 1. The molecule has 1 aliphatic carbocycles. The zero-order valence-corrected chi connectivity index (χ0v) is 12.0. The summed E-state index contributed by atoms with van der Waals surface area (Å²) in [6.07, 6.45) is 5.19. The smallest absolute Gasteiger partial charge is 0.315 e. The van der Waals surface area contributed by atoms with Crippen molar-refractivity contribution < 1.29 is 14.3 Å². The quantitative estimate of drug-likeness (QED) is 0.764. The number of rotatable bonds is 6. The first kappa shape index (κ1) is 13.7. The molecule has 5 heteroatoms. The summed E-state index contributed by atoms with van der Waals surface area (Å²) in [6, 6.07) is 10.1. The normalized spacial score (nSPS) is 15.5. The monoisotopic (exact) mass is 286 g/mol. The van der Waals surface area contributed by atoms with Gasteiger partial charge in [-0.05, 0) is 18.4 Å². The maximum absolute atomic E-state index is 11.6. The highest BCUT2D eigenvalue weighted by atomic mass is 16.5. The summed E-state index contributed by atoms with van der Waals surface area (Å²) >= 11 is 0. The highest BCUT2D eigenvalue weighted by Crippen LogP contribution is 2.46. The van der Waals surface area contributed by atoms with Crippen molar-refractivity contribution in [3.63, 3.8) is 0 Å². The summed E-state index contributed by atoms with van der Waals surface area (Å²) in [5.41, 5.74) is 0.747. The van der Waals surface area contributed by atoms with E-state index in [2.05, 4.69) is 17.2 Å². The molecule has 1 aliphatic rings. The van der Waals surface area contributed by atoms with Gasteiger partial charge in [0.25, 0.3) is 0 Å². The minimum atomic E-state index is -0.434. The van der Waals surface area contributed by atoms with Gasteiger partial charge in [-0.1, -0.05) is 30.3 Å².